The fraction of sp³-hybridized carbons (Fsp3) is 0.286. The second-order valence-corrected chi connectivity index (χ2v) is 2.71. The van der Waals surface area contributed by atoms with Gasteiger partial charge in [0.05, 0.1) is 17.6 Å². The monoisotopic (exact) mass is 203 g/mol. The number of hydrogen-bond acceptors (Lipinski definition) is 4. The van der Waals surface area contributed by atoms with Crippen LogP contribution in [0.25, 0.3) is 0 Å². The lowest BCUT2D eigenvalue weighted by Gasteiger charge is -1.98. The van der Waals surface area contributed by atoms with Crippen molar-refractivity contribution in [3.8, 4) is 0 Å². The van der Waals surface area contributed by atoms with Gasteiger partial charge in [-0.1, -0.05) is 11.6 Å². The van der Waals surface area contributed by atoms with E-state index in [9.17, 15) is 14.9 Å². The van der Waals surface area contributed by atoms with Gasteiger partial charge in [-0.2, -0.15) is 0 Å². The highest BCUT2D eigenvalue weighted by Gasteiger charge is 2.29. The number of nitro groups is 1. The minimum atomic E-state index is -0.627. The SMILES string of the molecule is COC(=O)C1=C(Cl)C([N+](=O)[O-])=CC1. The Morgan fingerprint density at radius 1 is 1.77 bits per heavy atom. The first-order valence-electron chi connectivity index (χ1n) is 3.39. The Bertz CT molecular complexity index is 331. The van der Waals surface area contributed by atoms with Crippen LogP contribution in [-0.4, -0.2) is 18.0 Å². The van der Waals surface area contributed by atoms with Gasteiger partial charge in [0.2, 0.25) is 0 Å². The van der Waals surface area contributed by atoms with E-state index in [-0.39, 0.29) is 22.7 Å². The highest BCUT2D eigenvalue weighted by molar-refractivity contribution is 6.34. The third-order valence-corrected chi connectivity index (χ3v) is 2.04. The van der Waals surface area contributed by atoms with E-state index in [0.29, 0.717) is 0 Å². The Balaban J connectivity index is 2.95. The summed E-state index contributed by atoms with van der Waals surface area (Å²) in [6.07, 6.45) is 1.44. The van der Waals surface area contributed by atoms with Gasteiger partial charge in [0.25, 0.3) is 5.70 Å². The van der Waals surface area contributed by atoms with Crippen LogP contribution in [0.2, 0.25) is 0 Å². The molecule has 5 nitrogen and oxygen atoms in total. The molecule has 13 heavy (non-hydrogen) atoms. The van der Waals surface area contributed by atoms with E-state index in [1.165, 1.54) is 13.2 Å². The zero-order chi connectivity index (χ0) is 10.0. The lowest BCUT2D eigenvalue weighted by atomic mass is 10.2. The predicted octanol–water partition coefficient (Wildman–Crippen LogP) is 1.22. The van der Waals surface area contributed by atoms with Crippen molar-refractivity contribution in [2.24, 2.45) is 0 Å². The number of ether oxygens (including phenoxy) is 1. The van der Waals surface area contributed by atoms with Crippen LogP contribution in [0.3, 0.4) is 0 Å². The molecule has 1 aliphatic carbocycles. The summed E-state index contributed by atoms with van der Waals surface area (Å²) >= 11 is 5.58. The van der Waals surface area contributed by atoms with Crippen LogP contribution < -0.4 is 0 Å². The highest BCUT2D eigenvalue weighted by atomic mass is 35.5. The van der Waals surface area contributed by atoms with Gasteiger partial charge in [0.1, 0.15) is 5.03 Å². The fourth-order valence-corrected chi connectivity index (χ4v) is 1.28. The Kier molecular flexibility index (Phi) is 2.67. The Hall–Kier alpha value is -1.36. The molecule has 0 fully saturated rings. The molecule has 0 spiro atoms. The average Bonchev–Trinajstić information content (AvgIpc) is 2.46. The third kappa shape index (κ3) is 1.70. The van der Waals surface area contributed by atoms with Crippen molar-refractivity contribution in [2.45, 2.75) is 6.42 Å². The van der Waals surface area contributed by atoms with Crippen molar-refractivity contribution in [3.63, 3.8) is 0 Å². The van der Waals surface area contributed by atoms with Crippen LogP contribution in [0.5, 0.6) is 0 Å². The largest absolute Gasteiger partial charge is 0.466 e. The summed E-state index contributed by atoms with van der Waals surface area (Å²) in [5.41, 5.74) is -0.0991. The first-order valence-corrected chi connectivity index (χ1v) is 3.77. The summed E-state index contributed by atoms with van der Waals surface area (Å²) in [6.45, 7) is 0. The number of halogens is 1. The number of rotatable bonds is 2. The molecule has 0 radical (unpaired) electrons. The number of nitrogens with zero attached hydrogens (tertiary/aromatic N) is 1. The second kappa shape index (κ2) is 3.57. The molecular weight excluding hydrogens is 198 g/mol. The molecule has 0 aromatic heterocycles. The van der Waals surface area contributed by atoms with Crippen molar-refractivity contribution < 1.29 is 14.5 Å². The number of hydrogen-bond donors (Lipinski definition) is 0. The standard InChI is InChI=1S/C7H6ClNO4/c1-13-7(10)4-2-3-5(6(4)8)9(11)12/h3H,2H2,1H3. The third-order valence-electron chi connectivity index (χ3n) is 1.62. The van der Waals surface area contributed by atoms with Gasteiger partial charge in [-0.3, -0.25) is 10.1 Å². The maximum Gasteiger partial charge on any atom is 0.335 e. The molecule has 0 saturated carbocycles. The topological polar surface area (TPSA) is 69.4 Å². The van der Waals surface area contributed by atoms with E-state index < -0.39 is 10.9 Å². The number of methoxy groups -OCH3 is 1. The molecule has 0 heterocycles. The predicted molar refractivity (Wildman–Crippen MR) is 44.6 cm³/mol. The maximum absolute atomic E-state index is 11.0. The first-order chi connectivity index (χ1) is 6.07. The van der Waals surface area contributed by atoms with Gasteiger partial charge in [0, 0.05) is 6.42 Å². The van der Waals surface area contributed by atoms with Gasteiger partial charge < -0.3 is 4.74 Å². The number of allylic oxidation sites excluding steroid dienone is 2. The van der Waals surface area contributed by atoms with E-state index in [0.717, 1.165) is 0 Å². The number of esters is 1. The van der Waals surface area contributed by atoms with E-state index in [1.54, 1.807) is 0 Å². The van der Waals surface area contributed by atoms with Gasteiger partial charge in [-0.15, -0.1) is 0 Å². The van der Waals surface area contributed by atoms with Crippen molar-refractivity contribution in [2.75, 3.05) is 7.11 Å². The highest BCUT2D eigenvalue weighted by Crippen LogP contribution is 2.30. The maximum atomic E-state index is 11.0. The second-order valence-electron chi connectivity index (χ2n) is 2.33. The Labute approximate surface area is 78.8 Å². The van der Waals surface area contributed by atoms with Gasteiger partial charge in [-0.25, -0.2) is 4.79 Å². The Morgan fingerprint density at radius 2 is 2.38 bits per heavy atom. The molecule has 0 aliphatic heterocycles. The van der Waals surface area contributed by atoms with Crippen molar-refractivity contribution in [1.29, 1.82) is 0 Å². The molecule has 1 aliphatic rings. The van der Waals surface area contributed by atoms with Crippen LogP contribution in [-0.2, 0) is 9.53 Å². The van der Waals surface area contributed by atoms with Crippen molar-refractivity contribution in [1.82, 2.24) is 0 Å². The fourth-order valence-electron chi connectivity index (χ4n) is 0.983. The summed E-state index contributed by atoms with van der Waals surface area (Å²) in [4.78, 5) is 20.7. The lowest BCUT2D eigenvalue weighted by molar-refractivity contribution is -0.419. The van der Waals surface area contributed by atoms with E-state index in [2.05, 4.69) is 4.74 Å². The van der Waals surface area contributed by atoms with Gasteiger partial charge in [0.15, 0.2) is 0 Å². The van der Waals surface area contributed by atoms with Crippen LogP contribution in [0.4, 0.5) is 0 Å². The van der Waals surface area contributed by atoms with Gasteiger partial charge >= 0.3 is 5.97 Å². The van der Waals surface area contributed by atoms with Crippen LogP contribution in [0.15, 0.2) is 22.4 Å². The molecular formula is C7H6ClNO4. The van der Waals surface area contributed by atoms with Crippen LogP contribution in [0.1, 0.15) is 6.42 Å². The summed E-state index contributed by atoms with van der Waals surface area (Å²) < 4.78 is 4.40. The summed E-state index contributed by atoms with van der Waals surface area (Å²) in [6, 6.07) is 0. The smallest absolute Gasteiger partial charge is 0.335 e. The van der Waals surface area contributed by atoms with Crippen LogP contribution >= 0.6 is 11.6 Å². The normalized spacial score (nSPS) is 15.7. The van der Waals surface area contributed by atoms with Gasteiger partial charge in [-0.05, 0) is 6.08 Å². The van der Waals surface area contributed by atoms with Crippen molar-refractivity contribution >= 4 is 17.6 Å². The summed E-state index contributed by atoms with van der Waals surface area (Å²) in [5.74, 6) is -0.627. The minimum Gasteiger partial charge on any atom is -0.466 e. The molecule has 0 atom stereocenters. The molecule has 0 unspecified atom stereocenters. The number of carbonyl (C=O) groups is 1. The van der Waals surface area contributed by atoms with Crippen molar-refractivity contribution in [3.05, 3.63) is 32.5 Å². The molecule has 0 aromatic carbocycles. The summed E-state index contributed by atoms with van der Waals surface area (Å²) in [5, 5.41) is 10.2. The molecule has 0 N–H and O–H groups in total. The van der Waals surface area contributed by atoms with Crippen LogP contribution in [0, 0.1) is 10.1 Å². The average molecular weight is 204 g/mol. The van der Waals surface area contributed by atoms with E-state index in [4.69, 9.17) is 11.6 Å². The zero-order valence-corrected chi connectivity index (χ0v) is 7.50. The Morgan fingerprint density at radius 3 is 2.77 bits per heavy atom. The molecule has 1 rings (SSSR count). The molecule has 0 amide bonds. The molecule has 0 aromatic rings. The van der Waals surface area contributed by atoms with E-state index in [1.807, 2.05) is 0 Å². The zero-order valence-electron chi connectivity index (χ0n) is 6.74. The summed E-state index contributed by atoms with van der Waals surface area (Å²) in [7, 11) is 1.20. The molecule has 0 bridgehead atoms. The molecule has 0 saturated heterocycles. The van der Waals surface area contributed by atoms with E-state index >= 15 is 0 Å². The molecule has 70 valence electrons. The minimum absolute atomic E-state index is 0.128. The number of carbonyl (C=O) groups excluding carboxylic acids is 1. The quantitative estimate of drug-likeness (QED) is 0.384. The molecule has 6 heteroatoms. The lowest BCUT2D eigenvalue weighted by Crippen LogP contribution is -2.04. The first kappa shape index (κ1) is 9.73.